The zero-order valence-corrected chi connectivity index (χ0v) is 11.5. The molecule has 0 saturated carbocycles. The summed E-state index contributed by atoms with van der Waals surface area (Å²) in [6.07, 6.45) is -3.85. The van der Waals surface area contributed by atoms with Crippen molar-refractivity contribution in [1.82, 2.24) is 0 Å². The summed E-state index contributed by atoms with van der Waals surface area (Å²) in [5, 5.41) is 40.7. The van der Waals surface area contributed by atoms with Gasteiger partial charge in [-0.2, -0.15) is 0 Å². The SMILES string of the molecule is C=CCO[C@@H]1O[C@H](CO)[C@](O)(c2ccccc2)[C@H](O)[C@H]1O. The van der Waals surface area contributed by atoms with E-state index in [0.717, 1.165) is 0 Å². The van der Waals surface area contributed by atoms with E-state index in [9.17, 15) is 20.4 Å². The fourth-order valence-electron chi connectivity index (χ4n) is 2.49. The molecule has 6 heteroatoms. The van der Waals surface area contributed by atoms with Crippen molar-refractivity contribution in [3.8, 4) is 0 Å². The number of aliphatic hydroxyl groups excluding tert-OH is 3. The molecular formula is C15H20O6. The van der Waals surface area contributed by atoms with Crippen LogP contribution in [0.4, 0.5) is 0 Å². The molecule has 1 aliphatic heterocycles. The van der Waals surface area contributed by atoms with Crippen molar-refractivity contribution in [1.29, 1.82) is 0 Å². The normalized spacial score (nSPS) is 36.4. The number of hydrogen-bond donors (Lipinski definition) is 4. The summed E-state index contributed by atoms with van der Waals surface area (Å²) in [6.45, 7) is 3.05. The lowest BCUT2D eigenvalue weighted by molar-refractivity contribution is -0.334. The van der Waals surface area contributed by atoms with Crippen LogP contribution >= 0.6 is 0 Å². The highest BCUT2D eigenvalue weighted by Gasteiger charge is 2.55. The average Bonchev–Trinajstić information content (AvgIpc) is 2.53. The van der Waals surface area contributed by atoms with Crippen LogP contribution in [0.1, 0.15) is 5.56 Å². The van der Waals surface area contributed by atoms with Gasteiger partial charge in [0, 0.05) is 0 Å². The van der Waals surface area contributed by atoms with Gasteiger partial charge in [-0.15, -0.1) is 6.58 Å². The topological polar surface area (TPSA) is 99.4 Å². The fourth-order valence-corrected chi connectivity index (χ4v) is 2.49. The number of ether oxygens (including phenoxy) is 2. The van der Waals surface area contributed by atoms with Gasteiger partial charge < -0.3 is 29.9 Å². The fraction of sp³-hybridized carbons (Fsp3) is 0.467. The molecule has 1 aliphatic rings. The van der Waals surface area contributed by atoms with E-state index in [1.54, 1.807) is 30.3 Å². The number of rotatable bonds is 5. The van der Waals surface area contributed by atoms with E-state index >= 15 is 0 Å². The van der Waals surface area contributed by atoms with E-state index in [1.165, 1.54) is 6.08 Å². The number of benzene rings is 1. The van der Waals surface area contributed by atoms with Crippen LogP contribution in [0.2, 0.25) is 0 Å². The van der Waals surface area contributed by atoms with E-state index < -0.39 is 36.8 Å². The van der Waals surface area contributed by atoms with E-state index in [4.69, 9.17) is 9.47 Å². The molecule has 6 nitrogen and oxygen atoms in total. The molecule has 0 unspecified atom stereocenters. The molecule has 0 aromatic heterocycles. The summed E-state index contributed by atoms with van der Waals surface area (Å²) < 4.78 is 10.6. The summed E-state index contributed by atoms with van der Waals surface area (Å²) in [4.78, 5) is 0. The Kier molecular flexibility index (Phi) is 5.10. The zero-order valence-electron chi connectivity index (χ0n) is 11.5. The van der Waals surface area contributed by atoms with Gasteiger partial charge in [-0.25, -0.2) is 0 Å². The number of hydrogen-bond acceptors (Lipinski definition) is 6. The Labute approximate surface area is 122 Å². The third kappa shape index (κ3) is 2.87. The van der Waals surface area contributed by atoms with Gasteiger partial charge in [0.1, 0.15) is 23.9 Å². The minimum atomic E-state index is -1.93. The summed E-state index contributed by atoms with van der Waals surface area (Å²) in [5.74, 6) is 0. The second kappa shape index (κ2) is 6.65. The molecule has 21 heavy (non-hydrogen) atoms. The summed E-state index contributed by atoms with van der Waals surface area (Å²) in [5.41, 5.74) is -1.58. The molecule has 4 N–H and O–H groups in total. The maximum Gasteiger partial charge on any atom is 0.187 e. The van der Waals surface area contributed by atoms with Crippen LogP contribution in [0.15, 0.2) is 43.0 Å². The Morgan fingerprint density at radius 3 is 2.52 bits per heavy atom. The second-order valence-electron chi connectivity index (χ2n) is 4.92. The van der Waals surface area contributed by atoms with Crippen molar-refractivity contribution in [2.75, 3.05) is 13.2 Å². The zero-order chi connectivity index (χ0) is 15.5. The van der Waals surface area contributed by atoms with Gasteiger partial charge in [-0.3, -0.25) is 0 Å². The Bertz CT molecular complexity index is 460. The molecule has 1 fully saturated rings. The minimum absolute atomic E-state index is 0.108. The van der Waals surface area contributed by atoms with Gasteiger partial charge in [0.15, 0.2) is 6.29 Å². The molecule has 0 spiro atoms. The van der Waals surface area contributed by atoms with Crippen LogP contribution < -0.4 is 0 Å². The standard InChI is InChI=1S/C15H20O6/c1-2-8-20-14-12(17)13(18)15(19,11(9-16)21-14)10-6-4-3-5-7-10/h2-7,11-14,16-19H,1,8-9H2/t11-,12-,13-,14-,15-/m1/s1. The van der Waals surface area contributed by atoms with Crippen molar-refractivity contribution >= 4 is 0 Å². The summed E-state index contributed by atoms with van der Waals surface area (Å²) >= 11 is 0. The molecule has 1 heterocycles. The predicted octanol–water partition coefficient (Wildman–Crippen LogP) is -0.484. The van der Waals surface area contributed by atoms with Gasteiger partial charge in [-0.1, -0.05) is 36.4 Å². The van der Waals surface area contributed by atoms with Crippen molar-refractivity contribution < 1.29 is 29.9 Å². The van der Waals surface area contributed by atoms with Gasteiger partial charge in [0.2, 0.25) is 0 Å². The lowest BCUT2D eigenvalue weighted by atomic mass is 9.78. The third-order valence-electron chi connectivity index (χ3n) is 3.62. The first-order valence-electron chi connectivity index (χ1n) is 6.68. The average molecular weight is 296 g/mol. The quantitative estimate of drug-likeness (QED) is 0.548. The van der Waals surface area contributed by atoms with Crippen molar-refractivity contribution in [2.24, 2.45) is 0 Å². The van der Waals surface area contributed by atoms with Gasteiger partial charge in [-0.05, 0) is 5.56 Å². The molecule has 0 radical (unpaired) electrons. The van der Waals surface area contributed by atoms with Crippen molar-refractivity contribution in [2.45, 2.75) is 30.2 Å². The van der Waals surface area contributed by atoms with Gasteiger partial charge in [0.05, 0.1) is 13.2 Å². The predicted molar refractivity (Wildman–Crippen MR) is 74.2 cm³/mol. The third-order valence-corrected chi connectivity index (χ3v) is 3.62. The molecule has 0 aliphatic carbocycles. The highest BCUT2D eigenvalue weighted by molar-refractivity contribution is 5.27. The van der Waals surface area contributed by atoms with Crippen LogP contribution in [-0.2, 0) is 15.1 Å². The molecule has 2 rings (SSSR count). The molecule has 0 bridgehead atoms. The molecular weight excluding hydrogens is 276 g/mol. The number of aliphatic hydroxyl groups is 4. The first-order chi connectivity index (χ1) is 10.1. The van der Waals surface area contributed by atoms with Crippen molar-refractivity contribution in [3.05, 3.63) is 48.6 Å². The molecule has 1 aromatic rings. The van der Waals surface area contributed by atoms with E-state index in [2.05, 4.69) is 6.58 Å². The summed E-state index contributed by atoms with van der Waals surface area (Å²) in [6, 6.07) is 8.30. The van der Waals surface area contributed by atoms with Crippen molar-refractivity contribution in [3.63, 3.8) is 0 Å². The Hall–Kier alpha value is -1.28. The lowest BCUT2D eigenvalue weighted by Crippen LogP contribution is -2.65. The monoisotopic (exact) mass is 296 g/mol. The smallest absolute Gasteiger partial charge is 0.187 e. The molecule has 1 aromatic carbocycles. The molecule has 116 valence electrons. The maximum absolute atomic E-state index is 10.8. The maximum atomic E-state index is 10.8. The first-order valence-corrected chi connectivity index (χ1v) is 6.68. The Morgan fingerprint density at radius 2 is 1.95 bits per heavy atom. The van der Waals surface area contributed by atoms with Crippen LogP contribution in [0.5, 0.6) is 0 Å². The Morgan fingerprint density at radius 1 is 1.29 bits per heavy atom. The highest BCUT2D eigenvalue weighted by Crippen LogP contribution is 2.38. The van der Waals surface area contributed by atoms with Gasteiger partial charge in [0.25, 0.3) is 0 Å². The van der Waals surface area contributed by atoms with E-state index in [0.29, 0.717) is 5.56 Å². The first kappa shape index (κ1) is 16.1. The Balaban J connectivity index is 2.32. The van der Waals surface area contributed by atoms with Crippen LogP contribution in [0.25, 0.3) is 0 Å². The summed E-state index contributed by atoms with van der Waals surface area (Å²) in [7, 11) is 0. The second-order valence-corrected chi connectivity index (χ2v) is 4.92. The van der Waals surface area contributed by atoms with Crippen LogP contribution in [0.3, 0.4) is 0 Å². The lowest BCUT2D eigenvalue weighted by Gasteiger charge is -2.47. The minimum Gasteiger partial charge on any atom is -0.394 e. The van der Waals surface area contributed by atoms with Crippen LogP contribution in [-0.4, -0.2) is 58.2 Å². The van der Waals surface area contributed by atoms with Crippen LogP contribution in [0, 0.1) is 0 Å². The molecule has 0 amide bonds. The molecule has 1 saturated heterocycles. The molecule has 5 atom stereocenters. The van der Waals surface area contributed by atoms with E-state index in [-0.39, 0.29) is 6.61 Å². The van der Waals surface area contributed by atoms with Gasteiger partial charge >= 0.3 is 0 Å². The van der Waals surface area contributed by atoms with E-state index in [1.807, 2.05) is 0 Å². The largest absolute Gasteiger partial charge is 0.394 e. The highest BCUT2D eigenvalue weighted by atomic mass is 16.7.